The van der Waals surface area contributed by atoms with Gasteiger partial charge in [-0.05, 0) is 24.7 Å². The molecule has 2 aliphatic carbocycles. The molecular weight excluding hydrogens is 278 g/mol. The Balaban J connectivity index is 2.08. The number of carbonyl (C=O) groups is 4. The fraction of sp³-hybridized carbons (Fsp3) is 0.571. The van der Waals surface area contributed by atoms with Crippen molar-refractivity contribution in [2.75, 3.05) is 13.2 Å². The molecule has 0 radical (unpaired) electrons. The van der Waals surface area contributed by atoms with E-state index in [1.807, 2.05) is 0 Å². The third kappa shape index (κ3) is 0.793. The van der Waals surface area contributed by atoms with Gasteiger partial charge in [0.2, 0.25) is 11.3 Å². The van der Waals surface area contributed by atoms with Crippen molar-refractivity contribution >= 4 is 23.1 Å². The van der Waals surface area contributed by atoms with Gasteiger partial charge in [-0.25, -0.2) is 0 Å². The van der Waals surface area contributed by atoms with Crippen LogP contribution in [0.5, 0.6) is 0 Å². The maximum absolute atomic E-state index is 12.6. The summed E-state index contributed by atoms with van der Waals surface area (Å²) in [4.78, 5) is 60.2. The number of rotatable bonds is 4. The van der Waals surface area contributed by atoms with Gasteiger partial charge in [0.1, 0.15) is 18.6 Å². The Kier molecular flexibility index (Phi) is 1.99. The summed E-state index contributed by atoms with van der Waals surface area (Å²) in [5, 5.41) is 0. The molecule has 7 heteroatoms. The molecule has 110 valence electrons. The Bertz CT molecular complexity index is 675. The summed E-state index contributed by atoms with van der Waals surface area (Å²) in [5.41, 5.74) is -4.52. The number of ketones is 4. The van der Waals surface area contributed by atoms with E-state index >= 15 is 0 Å². The topological polar surface area (TPSA) is 86.7 Å². The van der Waals surface area contributed by atoms with Crippen LogP contribution >= 0.6 is 0 Å². The number of hydrogen-bond acceptors (Lipinski definition) is 6. The molecule has 4 rings (SSSR count). The number of quaternary nitrogens is 1. The number of carbonyl (C=O) groups excluding carboxylic acids is 4. The van der Waals surface area contributed by atoms with Crippen LogP contribution < -0.4 is 0 Å². The van der Waals surface area contributed by atoms with E-state index in [9.17, 15) is 19.2 Å². The van der Waals surface area contributed by atoms with Crippen LogP contribution in [0.3, 0.4) is 0 Å². The maximum atomic E-state index is 12.6. The molecule has 7 nitrogen and oxygen atoms in total. The Morgan fingerprint density at radius 3 is 2.10 bits per heavy atom. The molecule has 0 N–H and O–H groups in total. The van der Waals surface area contributed by atoms with Crippen molar-refractivity contribution in [3.05, 3.63) is 12.2 Å². The summed E-state index contributed by atoms with van der Waals surface area (Å²) in [5.74, 6) is -3.05. The lowest BCUT2D eigenvalue weighted by Gasteiger charge is -2.50. The van der Waals surface area contributed by atoms with Crippen molar-refractivity contribution in [3.8, 4) is 0 Å². The van der Waals surface area contributed by atoms with Crippen LogP contribution in [0.25, 0.3) is 0 Å². The molecule has 3 bridgehead atoms. The molecule has 21 heavy (non-hydrogen) atoms. The van der Waals surface area contributed by atoms with Gasteiger partial charge in [0.05, 0.1) is 0 Å². The van der Waals surface area contributed by atoms with Gasteiger partial charge in [-0.1, -0.05) is 6.08 Å². The first-order valence-electron chi connectivity index (χ1n) is 6.99. The zero-order valence-electron chi connectivity index (χ0n) is 11.7. The fourth-order valence-corrected chi connectivity index (χ4v) is 4.71. The van der Waals surface area contributed by atoms with Crippen molar-refractivity contribution in [1.82, 2.24) is 0 Å². The van der Waals surface area contributed by atoms with Gasteiger partial charge in [-0.2, -0.15) is 9.68 Å². The summed E-state index contributed by atoms with van der Waals surface area (Å²) < 4.78 is 0. The van der Waals surface area contributed by atoms with E-state index in [4.69, 9.17) is 9.68 Å². The summed E-state index contributed by atoms with van der Waals surface area (Å²) in [6.45, 7) is 3.67. The Morgan fingerprint density at radius 1 is 0.952 bits per heavy atom. The van der Waals surface area contributed by atoms with Crippen LogP contribution in [0.1, 0.15) is 20.3 Å². The number of Topliss-reactive ketones (excluding diaryl/α,β-unsaturated/α-hetero) is 4. The highest BCUT2D eigenvalue weighted by molar-refractivity contribution is 6.66. The molecular formula is C14H14NO6+. The molecule has 0 aromatic rings. The largest absolute Gasteiger partial charge is 0.310 e. The van der Waals surface area contributed by atoms with Crippen LogP contribution in [0.4, 0.5) is 0 Å². The van der Waals surface area contributed by atoms with Crippen molar-refractivity contribution < 1.29 is 33.7 Å². The van der Waals surface area contributed by atoms with Crippen LogP contribution in [0.15, 0.2) is 12.2 Å². The van der Waals surface area contributed by atoms with Gasteiger partial charge >= 0.3 is 5.54 Å². The lowest BCUT2D eigenvalue weighted by Crippen LogP contribution is -2.82. The third-order valence-corrected chi connectivity index (χ3v) is 5.29. The molecule has 1 saturated carbocycles. The minimum atomic E-state index is -1.86. The first-order chi connectivity index (χ1) is 9.92. The average Bonchev–Trinajstić information content (AvgIpc) is 3.00. The average molecular weight is 292 g/mol. The second-order valence-electron chi connectivity index (χ2n) is 5.82. The molecule has 2 aliphatic heterocycles. The van der Waals surface area contributed by atoms with E-state index in [1.54, 1.807) is 13.8 Å². The number of hydrogen-bond donors (Lipinski definition) is 0. The van der Waals surface area contributed by atoms with Gasteiger partial charge in [0.15, 0.2) is 0 Å². The Hall–Kier alpha value is -1.70. The first kappa shape index (κ1) is 13.0. The SMILES string of the molecule is CCO[N+]1(OCC)C23C=CC4(C2)C(=O)C(=O)C41C(=O)C3=O. The summed E-state index contributed by atoms with van der Waals surface area (Å²) in [7, 11) is 0. The molecule has 3 atom stereocenters. The standard InChI is InChI=1S/C14H14NO6/c1-3-20-15(21-4-2)13-6-5-12(7-13)8(16)10(18)14(12,15)11(19)9(13)17/h5-6H,3-4,7H2,1-2H3/q+1. The minimum absolute atomic E-state index is 0.0785. The van der Waals surface area contributed by atoms with Crippen LogP contribution in [-0.4, -0.2) is 52.2 Å². The lowest BCUT2D eigenvalue weighted by atomic mass is 9.50. The molecule has 3 unspecified atom stereocenters. The summed E-state index contributed by atoms with van der Waals surface area (Å²) in [6.07, 6.45) is 3.14. The lowest BCUT2D eigenvalue weighted by molar-refractivity contribution is -1.28. The van der Waals surface area contributed by atoms with Crippen molar-refractivity contribution in [2.24, 2.45) is 5.41 Å². The van der Waals surface area contributed by atoms with E-state index in [0.717, 1.165) is 0 Å². The predicted molar refractivity (Wildman–Crippen MR) is 65.2 cm³/mol. The highest BCUT2D eigenvalue weighted by atomic mass is 17.0. The fourth-order valence-electron chi connectivity index (χ4n) is 4.71. The molecule has 0 aromatic heterocycles. The van der Waals surface area contributed by atoms with Crippen molar-refractivity contribution in [2.45, 2.75) is 31.3 Å². The monoisotopic (exact) mass is 292 g/mol. The molecule has 4 aliphatic rings. The van der Waals surface area contributed by atoms with E-state index < -0.39 is 44.4 Å². The predicted octanol–water partition coefficient (Wildman–Crippen LogP) is -0.553. The molecule has 3 spiro atoms. The van der Waals surface area contributed by atoms with Gasteiger partial charge in [-0.15, -0.1) is 0 Å². The third-order valence-electron chi connectivity index (χ3n) is 5.29. The van der Waals surface area contributed by atoms with E-state index in [2.05, 4.69) is 0 Å². The smallest absolute Gasteiger partial charge is 0.289 e. The Morgan fingerprint density at radius 2 is 1.52 bits per heavy atom. The number of nitrogens with zero attached hydrogens (tertiary/aromatic N) is 1. The first-order valence-corrected chi connectivity index (χ1v) is 6.99. The highest BCUT2D eigenvalue weighted by Gasteiger charge is 3.05. The zero-order valence-corrected chi connectivity index (χ0v) is 11.7. The Labute approximate surface area is 120 Å². The van der Waals surface area contributed by atoms with Crippen molar-refractivity contribution in [3.63, 3.8) is 0 Å². The van der Waals surface area contributed by atoms with Crippen LogP contribution in [-0.2, 0) is 28.9 Å². The highest BCUT2D eigenvalue weighted by Crippen LogP contribution is 2.74. The molecule has 2 heterocycles. The zero-order chi connectivity index (χ0) is 15.3. The normalized spacial score (nSPS) is 44.5. The molecule has 0 amide bonds. The maximum Gasteiger partial charge on any atom is 0.310 e. The molecule has 0 aromatic carbocycles. The second-order valence-corrected chi connectivity index (χ2v) is 5.82. The summed E-state index contributed by atoms with van der Waals surface area (Å²) in [6, 6.07) is 0. The van der Waals surface area contributed by atoms with E-state index in [0.29, 0.717) is 0 Å². The van der Waals surface area contributed by atoms with Crippen LogP contribution in [0.2, 0.25) is 0 Å². The number of hydroxylamine groups is 4. The second kappa shape index (κ2) is 3.21. The van der Waals surface area contributed by atoms with E-state index in [1.165, 1.54) is 12.2 Å². The van der Waals surface area contributed by atoms with Gasteiger partial charge in [0, 0.05) is 6.42 Å². The summed E-state index contributed by atoms with van der Waals surface area (Å²) >= 11 is 0. The van der Waals surface area contributed by atoms with Crippen LogP contribution in [0, 0.1) is 5.41 Å². The minimum Gasteiger partial charge on any atom is -0.289 e. The van der Waals surface area contributed by atoms with Gasteiger partial charge in [0.25, 0.3) is 17.3 Å². The van der Waals surface area contributed by atoms with Gasteiger partial charge < -0.3 is 0 Å². The molecule has 2 saturated heterocycles. The van der Waals surface area contributed by atoms with E-state index in [-0.39, 0.29) is 19.6 Å². The van der Waals surface area contributed by atoms with Crippen molar-refractivity contribution in [1.29, 1.82) is 0 Å². The molecule has 3 fully saturated rings. The van der Waals surface area contributed by atoms with Gasteiger partial charge in [-0.3, -0.25) is 19.2 Å². The quantitative estimate of drug-likeness (QED) is 0.299.